The lowest BCUT2D eigenvalue weighted by Crippen LogP contribution is -2.07. The second kappa shape index (κ2) is 7.07. The molecular weight excluding hydrogens is 360 g/mol. The minimum atomic E-state index is -4.45. The smallest absolute Gasteiger partial charge is 0.308 e. The average molecular weight is 375 g/mol. The lowest BCUT2D eigenvalue weighted by molar-refractivity contribution is -0.137. The summed E-state index contributed by atoms with van der Waals surface area (Å²) in [5, 5.41) is 0. The summed E-state index contributed by atoms with van der Waals surface area (Å²) >= 11 is 3.13. The van der Waals surface area contributed by atoms with Gasteiger partial charge in [-0.1, -0.05) is 34.1 Å². The Balaban J connectivity index is 3.12. The van der Waals surface area contributed by atoms with Gasteiger partial charge in [-0.3, -0.25) is 4.57 Å². The van der Waals surface area contributed by atoms with E-state index < -0.39 is 23.9 Å². The van der Waals surface area contributed by atoms with Crippen molar-refractivity contribution in [2.24, 2.45) is 0 Å². The van der Waals surface area contributed by atoms with Crippen LogP contribution in [0.3, 0.4) is 0 Å². The number of alkyl halides is 4. The molecule has 1 rings (SSSR count). The van der Waals surface area contributed by atoms with Crippen LogP contribution in [-0.4, -0.2) is 13.2 Å². The van der Waals surface area contributed by atoms with Crippen LogP contribution in [0.25, 0.3) is 0 Å². The number of halogens is 4. The average Bonchev–Trinajstić information content (AvgIpc) is 2.37. The fourth-order valence-electron chi connectivity index (χ4n) is 1.57. The minimum Gasteiger partial charge on any atom is -0.308 e. The molecule has 0 aliphatic heterocycles. The molecular formula is C12H15BrF3O3P. The molecule has 0 aliphatic rings. The number of rotatable bonds is 6. The lowest BCUT2D eigenvalue weighted by atomic mass is 10.1. The molecule has 3 nitrogen and oxygen atoms in total. The van der Waals surface area contributed by atoms with Crippen molar-refractivity contribution < 1.29 is 26.8 Å². The third-order valence-electron chi connectivity index (χ3n) is 2.38. The van der Waals surface area contributed by atoms with Gasteiger partial charge in [-0.15, -0.1) is 0 Å². The van der Waals surface area contributed by atoms with Crippen molar-refractivity contribution in [3.05, 3.63) is 35.4 Å². The van der Waals surface area contributed by atoms with E-state index in [0.29, 0.717) is 0 Å². The van der Waals surface area contributed by atoms with Crippen LogP contribution >= 0.6 is 23.5 Å². The predicted octanol–water partition coefficient (Wildman–Crippen LogP) is 5.37. The van der Waals surface area contributed by atoms with E-state index >= 15 is 0 Å². The monoisotopic (exact) mass is 374 g/mol. The third kappa shape index (κ3) is 4.32. The van der Waals surface area contributed by atoms with Crippen molar-refractivity contribution in [2.45, 2.75) is 24.6 Å². The topological polar surface area (TPSA) is 35.5 Å². The molecule has 1 aromatic rings. The van der Waals surface area contributed by atoms with Crippen LogP contribution in [0.4, 0.5) is 13.2 Å². The first-order chi connectivity index (χ1) is 9.24. The third-order valence-corrected chi connectivity index (χ3v) is 6.51. The van der Waals surface area contributed by atoms with Gasteiger partial charge in [0, 0.05) is 0 Å². The Labute approximate surface area is 124 Å². The van der Waals surface area contributed by atoms with Crippen LogP contribution in [0.1, 0.15) is 29.5 Å². The minimum absolute atomic E-state index is 0.137. The zero-order valence-corrected chi connectivity index (χ0v) is 13.5. The van der Waals surface area contributed by atoms with Gasteiger partial charge in [0.2, 0.25) is 0 Å². The molecule has 1 unspecified atom stereocenters. The Kier molecular flexibility index (Phi) is 6.25. The van der Waals surface area contributed by atoms with Crippen molar-refractivity contribution in [2.75, 3.05) is 13.2 Å². The van der Waals surface area contributed by atoms with Gasteiger partial charge in [0.15, 0.2) is 0 Å². The van der Waals surface area contributed by atoms with E-state index in [2.05, 4.69) is 15.9 Å². The second-order valence-corrected chi connectivity index (χ2v) is 7.57. The van der Waals surface area contributed by atoms with E-state index in [-0.39, 0.29) is 18.8 Å². The summed E-state index contributed by atoms with van der Waals surface area (Å²) in [5.74, 6) is 0. The maximum Gasteiger partial charge on any atom is 0.416 e. The number of benzene rings is 1. The molecule has 0 spiro atoms. The maximum absolute atomic E-state index is 12.7. The molecule has 0 bridgehead atoms. The molecule has 8 heteroatoms. The van der Waals surface area contributed by atoms with E-state index in [1.165, 1.54) is 12.1 Å². The van der Waals surface area contributed by atoms with E-state index in [1.54, 1.807) is 13.8 Å². The van der Waals surface area contributed by atoms with E-state index in [9.17, 15) is 17.7 Å². The molecule has 0 aliphatic carbocycles. The Morgan fingerprint density at radius 2 is 1.80 bits per heavy atom. The van der Waals surface area contributed by atoms with Crippen LogP contribution in [0.2, 0.25) is 0 Å². The summed E-state index contributed by atoms with van der Waals surface area (Å²) in [7, 11) is -3.56. The molecule has 0 aromatic heterocycles. The number of hydrogen-bond donors (Lipinski definition) is 0. The highest BCUT2D eigenvalue weighted by Crippen LogP contribution is 2.64. The highest BCUT2D eigenvalue weighted by atomic mass is 79.9. The van der Waals surface area contributed by atoms with Crippen molar-refractivity contribution in [1.29, 1.82) is 0 Å². The van der Waals surface area contributed by atoms with Crippen LogP contribution in [0.15, 0.2) is 24.3 Å². The molecule has 0 heterocycles. The van der Waals surface area contributed by atoms with Crippen molar-refractivity contribution in [3.8, 4) is 0 Å². The predicted molar refractivity (Wildman–Crippen MR) is 74.0 cm³/mol. The Morgan fingerprint density at radius 1 is 1.25 bits per heavy atom. The van der Waals surface area contributed by atoms with E-state index in [1.807, 2.05) is 0 Å². The van der Waals surface area contributed by atoms with Crippen LogP contribution in [0.5, 0.6) is 0 Å². The molecule has 1 atom stereocenters. The quantitative estimate of drug-likeness (QED) is 0.496. The summed E-state index contributed by atoms with van der Waals surface area (Å²) in [5.41, 5.74) is -0.607. The van der Waals surface area contributed by atoms with E-state index in [4.69, 9.17) is 9.05 Å². The lowest BCUT2D eigenvalue weighted by Gasteiger charge is -2.22. The van der Waals surface area contributed by atoms with Gasteiger partial charge in [0.05, 0.1) is 18.8 Å². The molecule has 114 valence electrons. The second-order valence-electron chi connectivity index (χ2n) is 3.83. The standard InChI is InChI=1S/C12H15BrF3O3P/c1-3-18-20(17,19-4-2)11(13)9-6-5-7-10(8-9)12(14,15)16/h5-8,11H,3-4H2,1-2H3. The first-order valence-corrected chi connectivity index (χ1v) is 8.47. The SMILES string of the molecule is CCOP(=O)(OCC)C(Br)c1cccc(C(F)(F)F)c1. The van der Waals surface area contributed by atoms with Gasteiger partial charge in [0.25, 0.3) is 0 Å². The first-order valence-electron chi connectivity index (χ1n) is 5.94. The molecule has 0 radical (unpaired) electrons. The van der Waals surface area contributed by atoms with Crippen molar-refractivity contribution in [3.63, 3.8) is 0 Å². The largest absolute Gasteiger partial charge is 0.416 e. The summed E-state index contributed by atoms with van der Waals surface area (Å²) in [4.78, 5) is 0. The highest BCUT2D eigenvalue weighted by Gasteiger charge is 2.37. The normalized spacial score (nSPS) is 14.3. The maximum atomic E-state index is 12.7. The fourth-order valence-corrected chi connectivity index (χ4v) is 4.15. The van der Waals surface area contributed by atoms with Gasteiger partial charge in [0.1, 0.15) is 4.57 Å². The molecule has 0 amide bonds. The molecule has 1 aromatic carbocycles. The molecule has 0 N–H and O–H groups in total. The highest BCUT2D eigenvalue weighted by molar-refractivity contribution is 9.10. The molecule has 0 saturated heterocycles. The van der Waals surface area contributed by atoms with Gasteiger partial charge in [-0.25, -0.2) is 0 Å². The Hall–Kier alpha value is -0.360. The summed E-state index contributed by atoms with van der Waals surface area (Å²) in [6.45, 7) is 3.55. The van der Waals surface area contributed by atoms with Gasteiger partial charge in [-0.05, 0) is 25.5 Å². The van der Waals surface area contributed by atoms with Gasteiger partial charge >= 0.3 is 13.8 Å². The fraction of sp³-hybridized carbons (Fsp3) is 0.500. The first kappa shape index (κ1) is 17.7. The van der Waals surface area contributed by atoms with Crippen LogP contribution < -0.4 is 0 Å². The molecule has 0 saturated carbocycles. The van der Waals surface area contributed by atoms with Gasteiger partial charge < -0.3 is 9.05 Å². The summed E-state index contributed by atoms with van der Waals surface area (Å²) in [6.07, 6.45) is -4.45. The molecule has 0 fully saturated rings. The molecule has 20 heavy (non-hydrogen) atoms. The Morgan fingerprint density at radius 3 is 2.25 bits per heavy atom. The summed E-state index contributed by atoms with van der Waals surface area (Å²) in [6, 6.07) is 4.59. The summed E-state index contributed by atoms with van der Waals surface area (Å²) < 4.78 is 59.8. The van der Waals surface area contributed by atoms with Crippen LogP contribution in [0, 0.1) is 0 Å². The van der Waals surface area contributed by atoms with E-state index in [0.717, 1.165) is 12.1 Å². The zero-order chi connectivity index (χ0) is 15.4. The van der Waals surface area contributed by atoms with Gasteiger partial charge in [-0.2, -0.15) is 13.2 Å². The number of hydrogen-bond acceptors (Lipinski definition) is 3. The van der Waals surface area contributed by atoms with Crippen molar-refractivity contribution in [1.82, 2.24) is 0 Å². The van der Waals surface area contributed by atoms with Crippen molar-refractivity contribution >= 4 is 23.5 Å². The Bertz CT molecular complexity index is 483. The van der Waals surface area contributed by atoms with Crippen LogP contribution in [-0.2, 0) is 19.8 Å². The zero-order valence-electron chi connectivity index (χ0n) is 11.0.